The van der Waals surface area contributed by atoms with Gasteiger partial charge in [0.25, 0.3) is 0 Å². The van der Waals surface area contributed by atoms with Crippen LogP contribution in [0.2, 0.25) is 0 Å². The Hall–Kier alpha value is -0.810. The lowest BCUT2D eigenvalue weighted by Crippen LogP contribution is -2.42. The smallest absolute Gasteiger partial charge is 0.205 e. The fourth-order valence-electron chi connectivity index (χ4n) is 0.971. The first-order valence-corrected chi connectivity index (χ1v) is 4.62. The minimum atomic E-state index is 0.593. The van der Waals surface area contributed by atoms with Crippen LogP contribution in [0, 0.1) is 5.92 Å². The van der Waals surface area contributed by atoms with E-state index in [-0.39, 0.29) is 0 Å². The number of hydrazine groups is 1. The van der Waals surface area contributed by atoms with Gasteiger partial charge in [-0.05, 0) is 18.8 Å². The van der Waals surface area contributed by atoms with E-state index in [4.69, 9.17) is 10.6 Å². The molecule has 1 aliphatic carbocycles. The van der Waals surface area contributed by atoms with E-state index in [0.717, 1.165) is 19.1 Å². The summed E-state index contributed by atoms with van der Waals surface area (Å²) in [7, 11) is 1.67. The molecular weight excluding hydrogens is 168 g/mol. The molecule has 1 rings (SSSR count). The summed E-state index contributed by atoms with van der Waals surface area (Å²) < 4.78 is 5.41. The lowest BCUT2D eigenvalue weighted by atomic mass is 10.5. The average Bonchev–Trinajstić information content (AvgIpc) is 2.95. The molecule has 76 valence electrons. The normalized spacial score (nSPS) is 17.2. The van der Waals surface area contributed by atoms with Crippen LogP contribution in [0.5, 0.6) is 0 Å². The van der Waals surface area contributed by atoms with Crippen molar-refractivity contribution in [2.24, 2.45) is 16.8 Å². The Kier molecular flexibility index (Phi) is 4.56. The first-order valence-electron chi connectivity index (χ1n) is 4.62. The quantitative estimate of drug-likeness (QED) is 0.177. The number of guanidine groups is 1. The molecule has 0 heterocycles. The third-order valence-corrected chi connectivity index (χ3v) is 1.95. The van der Waals surface area contributed by atoms with Gasteiger partial charge in [0.15, 0.2) is 0 Å². The van der Waals surface area contributed by atoms with Crippen molar-refractivity contribution in [2.75, 3.05) is 26.8 Å². The van der Waals surface area contributed by atoms with Gasteiger partial charge in [-0.2, -0.15) is 0 Å². The number of nitrogens with two attached hydrogens (primary N) is 1. The van der Waals surface area contributed by atoms with Crippen LogP contribution in [0.15, 0.2) is 4.99 Å². The molecule has 1 aliphatic rings. The zero-order valence-corrected chi connectivity index (χ0v) is 8.05. The van der Waals surface area contributed by atoms with Crippen LogP contribution >= 0.6 is 0 Å². The maximum atomic E-state index is 5.41. The van der Waals surface area contributed by atoms with Gasteiger partial charge in [-0.15, -0.1) is 0 Å². The average molecular weight is 186 g/mol. The van der Waals surface area contributed by atoms with Crippen molar-refractivity contribution in [1.29, 1.82) is 0 Å². The minimum absolute atomic E-state index is 0.593. The van der Waals surface area contributed by atoms with Crippen molar-refractivity contribution < 1.29 is 4.74 Å². The molecule has 0 unspecified atom stereocenters. The molecule has 0 aromatic carbocycles. The van der Waals surface area contributed by atoms with Crippen LogP contribution in [-0.4, -0.2) is 32.8 Å². The number of hydrogen-bond acceptors (Lipinski definition) is 3. The molecule has 5 heteroatoms. The molecule has 0 radical (unpaired) electrons. The second kappa shape index (κ2) is 5.77. The molecule has 0 atom stereocenters. The molecule has 0 spiro atoms. The van der Waals surface area contributed by atoms with Crippen molar-refractivity contribution in [3.05, 3.63) is 0 Å². The van der Waals surface area contributed by atoms with Gasteiger partial charge >= 0.3 is 0 Å². The number of hydrogen-bond donors (Lipinski definition) is 3. The number of nitrogens with zero attached hydrogens (tertiary/aromatic N) is 1. The molecule has 0 aromatic heterocycles. The van der Waals surface area contributed by atoms with Gasteiger partial charge in [0.05, 0.1) is 6.61 Å². The van der Waals surface area contributed by atoms with E-state index in [1.165, 1.54) is 12.8 Å². The molecule has 0 aliphatic heterocycles. The molecule has 1 fully saturated rings. The van der Waals surface area contributed by atoms with Gasteiger partial charge in [-0.1, -0.05) is 0 Å². The lowest BCUT2D eigenvalue weighted by Gasteiger charge is -2.07. The van der Waals surface area contributed by atoms with E-state index in [1.54, 1.807) is 7.05 Å². The Morgan fingerprint density at radius 1 is 1.62 bits per heavy atom. The topological polar surface area (TPSA) is 71.7 Å². The fourth-order valence-corrected chi connectivity index (χ4v) is 0.971. The van der Waals surface area contributed by atoms with E-state index >= 15 is 0 Å². The van der Waals surface area contributed by atoms with Gasteiger partial charge in [0, 0.05) is 20.2 Å². The summed E-state index contributed by atoms with van der Waals surface area (Å²) in [5.74, 6) is 6.59. The van der Waals surface area contributed by atoms with Crippen molar-refractivity contribution in [1.82, 2.24) is 10.7 Å². The molecule has 4 N–H and O–H groups in total. The number of rotatable bonds is 5. The van der Waals surface area contributed by atoms with Crippen LogP contribution in [0.4, 0.5) is 0 Å². The van der Waals surface area contributed by atoms with Crippen LogP contribution < -0.4 is 16.6 Å². The summed E-state index contributed by atoms with van der Waals surface area (Å²) in [4.78, 5) is 3.87. The van der Waals surface area contributed by atoms with Crippen molar-refractivity contribution in [2.45, 2.75) is 12.8 Å². The maximum Gasteiger partial charge on any atom is 0.205 e. The second-order valence-electron chi connectivity index (χ2n) is 3.16. The van der Waals surface area contributed by atoms with E-state index < -0.39 is 0 Å². The zero-order chi connectivity index (χ0) is 9.52. The highest BCUT2D eigenvalue weighted by Gasteiger charge is 2.20. The van der Waals surface area contributed by atoms with Gasteiger partial charge in [0.2, 0.25) is 5.96 Å². The van der Waals surface area contributed by atoms with Crippen molar-refractivity contribution in [3.63, 3.8) is 0 Å². The monoisotopic (exact) mass is 186 g/mol. The molecular formula is C8H18N4O. The van der Waals surface area contributed by atoms with E-state index in [2.05, 4.69) is 15.7 Å². The van der Waals surface area contributed by atoms with E-state index in [9.17, 15) is 0 Å². The standard InChI is InChI=1S/C8H18N4O/c1-10-8(12-9)11-4-5-13-6-7-2-3-7/h7H,2-6,9H2,1H3,(H2,10,11,12). The van der Waals surface area contributed by atoms with Crippen molar-refractivity contribution in [3.8, 4) is 0 Å². The highest BCUT2D eigenvalue weighted by molar-refractivity contribution is 5.78. The summed E-state index contributed by atoms with van der Waals surface area (Å²) in [5, 5.41) is 3.00. The van der Waals surface area contributed by atoms with E-state index in [1.807, 2.05) is 0 Å². The third kappa shape index (κ3) is 4.69. The summed E-state index contributed by atoms with van der Waals surface area (Å²) in [6, 6.07) is 0. The molecule has 5 nitrogen and oxygen atoms in total. The van der Waals surface area contributed by atoms with Crippen LogP contribution in [0.1, 0.15) is 12.8 Å². The molecule has 0 saturated heterocycles. The Bertz CT molecular complexity index is 168. The Balaban J connectivity index is 1.87. The van der Waals surface area contributed by atoms with Crippen LogP contribution in [0.25, 0.3) is 0 Å². The van der Waals surface area contributed by atoms with Crippen LogP contribution in [-0.2, 0) is 4.74 Å². The number of nitrogens with one attached hydrogen (secondary N) is 2. The van der Waals surface area contributed by atoms with Gasteiger partial charge < -0.3 is 10.1 Å². The van der Waals surface area contributed by atoms with Crippen molar-refractivity contribution >= 4 is 5.96 Å². The predicted molar refractivity (Wildman–Crippen MR) is 52.2 cm³/mol. The summed E-state index contributed by atoms with van der Waals surface area (Å²) in [6.07, 6.45) is 2.67. The number of aliphatic imine (C=N–C) groups is 1. The fraction of sp³-hybridized carbons (Fsp3) is 0.875. The summed E-state index contributed by atoms with van der Waals surface area (Å²) in [5.41, 5.74) is 2.45. The highest BCUT2D eigenvalue weighted by Crippen LogP contribution is 2.28. The van der Waals surface area contributed by atoms with Gasteiger partial charge in [-0.3, -0.25) is 10.4 Å². The number of ether oxygens (including phenoxy) is 1. The van der Waals surface area contributed by atoms with Gasteiger partial charge in [-0.25, -0.2) is 5.84 Å². The summed E-state index contributed by atoms with van der Waals surface area (Å²) >= 11 is 0. The van der Waals surface area contributed by atoms with Crippen LogP contribution in [0.3, 0.4) is 0 Å². The molecule has 1 saturated carbocycles. The second-order valence-corrected chi connectivity index (χ2v) is 3.16. The van der Waals surface area contributed by atoms with Gasteiger partial charge in [0.1, 0.15) is 0 Å². The zero-order valence-electron chi connectivity index (χ0n) is 8.05. The Morgan fingerprint density at radius 2 is 2.38 bits per heavy atom. The lowest BCUT2D eigenvalue weighted by molar-refractivity contribution is 0.129. The molecule has 0 amide bonds. The minimum Gasteiger partial charge on any atom is -0.379 e. The SMILES string of the molecule is CN=C(NN)NCCOCC1CC1. The maximum absolute atomic E-state index is 5.41. The van der Waals surface area contributed by atoms with E-state index in [0.29, 0.717) is 12.6 Å². The summed E-state index contributed by atoms with van der Waals surface area (Å²) in [6.45, 7) is 2.34. The molecule has 0 aromatic rings. The molecule has 0 bridgehead atoms. The first kappa shape index (κ1) is 10.3. The highest BCUT2D eigenvalue weighted by atomic mass is 16.5. The Labute approximate surface area is 78.7 Å². The predicted octanol–water partition coefficient (Wildman–Crippen LogP) is -0.548. The largest absolute Gasteiger partial charge is 0.379 e. The molecule has 13 heavy (non-hydrogen) atoms. The first-order chi connectivity index (χ1) is 6.36. The Morgan fingerprint density at radius 3 is 2.92 bits per heavy atom. The third-order valence-electron chi connectivity index (χ3n) is 1.95.